The van der Waals surface area contributed by atoms with Gasteiger partial charge in [0.05, 0.1) is 6.04 Å². The van der Waals surface area contributed by atoms with Crippen LogP contribution < -0.4 is 21.3 Å². The number of carbonyl (C=O) groups excluding carboxylic acids is 4. The summed E-state index contributed by atoms with van der Waals surface area (Å²) in [6, 6.07) is 7.89. The zero-order valence-corrected chi connectivity index (χ0v) is 23.3. The second kappa shape index (κ2) is 14.1. The summed E-state index contributed by atoms with van der Waals surface area (Å²) in [6.45, 7) is 3.81. The molecule has 1 aliphatic heterocycles. The first-order valence-corrected chi connectivity index (χ1v) is 13.7. The minimum Gasteiger partial charge on any atom is -0.465 e. The standard InChI is InChI=1S/C29H35F3N4O6/c1-16(2)13-22(26(39)34-21(24(37)29(30,31)32)15-19-10-6-12-33-25(19)38)35-27(40)23(36-28(41)42)14-18-9-5-8-17-7-3-4-11-20(17)18/h3-5,7-9,11,16,19,21-23,36H,6,10,12-15H2,1-2H3,(H,33,38)(H,34,39)(H,35,40)(H,41,42)/t19-,21?,22?,23?/m0/s1. The Morgan fingerprint density at radius 1 is 0.952 bits per heavy atom. The topological polar surface area (TPSA) is 154 Å². The lowest BCUT2D eigenvalue weighted by Crippen LogP contribution is -2.58. The number of ketones is 1. The van der Waals surface area contributed by atoms with Gasteiger partial charge < -0.3 is 26.4 Å². The van der Waals surface area contributed by atoms with E-state index in [2.05, 4.69) is 21.3 Å². The van der Waals surface area contributed by atoms with E-state index in [4.69, 9.17) is 0 Å². The molecule has 2 aromatic rings. The predicted octanol–water partition coefficient (Wildman–Crippen LogP) is 3.08. The lowest BCUT2D eigenvalue weighted by molar-refractivity contribution is -0.174. The van der Waals surface area contributed by atoms with Crippen molar-refractivity contribution < 1.29 is 42.3 Å². The molecule has 4 atom stereocenters. The zero-order chi connectivity index (χ0) is 31.0. The van der Waals surface area contributed by atoms with E-state index in [1.807, 2.05) is 24.3 Å². The van der Waals surface area contributed by atoms with Gasteiger partial charge in [-0.05, 0) is 47.9 Å². The molecule has 5 N–H and O–H groups in total. The van der Waals surface area contributed by atoms with Crippen molar-refractivity contribution in [1.82, 2.24) is 21.3 Å². The first-order valence-electron chi connectivity index (χ1n) is 13.7. The van der Waals surface area contributed by atoms with E-state index < -0.39 is 66.2 Å². The molecule has 1 heterocycles. The molecule has 3 rings (SSSR count). The van der Waals surface area contributed by atoms with E-state index >= 15 is 0 Å². The molecule has 0 spiro atoms. The van der Waals surface area contributed by atoms with Crippen molar-refractivity contribution in [3.63, 3.8) is 0 Å². The van der Waals surface area contributed by atoms with Crippen LogP contribution in [-0.2, 0) is 25.6 Å². The second-order valence-corrected chi connectivity index (χ2v) is 10.8. The molecule has 3 unspecified atom stereocenters. The SMILES string of the molecule is CC(C)CC(NC(=O)C(Cc1cccc2ccccc12)NC(=O)O)C(=O)NC(C[C@@H]1CCCNC1=O)C(=O)C(F)(F)F. The minimum atomic E-state index is -5.27. The Labute approximate surface area is 240 Å². The molecule has 0 aromatic heterocycles. The molecule has 42 heavy (non-hydrogen) atoms. The van der Waals surface area contributed by atoms with Gasteiger partial charge in [-0.2, -0.15) is 13.2 Å². The summed E-state index contributed by atoms with van der Waals surface area (Å²) in [7, 11) is 0. The number of alkyl halides is 3. The monoisotopic (exact) mass is 592 g/mol. The lowest BCUT2D eigenvalue weighted by Gasteiger charge is -2.29. The molecule has 0 aliphatic carbocycles. The number of rotatable bonds is 12. The van der Waals surface area contributed by atoms with Gasteiger partial charge in [0.15, 0.2) is 0 Å². The summed E-state index contributed by atoms with van der Waals surface area (Å²) < 4.78 is 40.3. The maximum atomic E-state index is 13.4. The number of halogens is 3. The maximum Gasteiger partial charge on any atom is 0.452 e. The van der Waals surface area contributed by atoms with Gasteiger partial charge in [0.25, 0.3) is 5.78 Å². The van der Waals surface area contributed by atoms with E-state index in [0.717, 1.165) is 10.8 Å². The van der Waals surface area contributed by atoms with E-state index in [1.165, 1.54) is 0 Å². The molecule has 1 fully saturated rings. The predicted molar refractivity (Wildman–Crippen MR) is 147 cm³/mol. The highest BCUT2D eigenvalue weighted by atomic mass is 19.4. The number of piperidine rings is 1. The van der Waals surface area contributed by atoms with Crippen LogP contribution in [-0.4, -0.2) is 65.6 Å². The molecule has 4 amide bonds. The number of Topliss-reactive ketones (excluding diaryl/α,β-unsaturated/α-hetero) is 1. The Balaban J connectivity index is 1.83. The van der Waals surface area contributed by atoms with Crippen molar-refractivity contribution in [3.05, 3.63) is 48.0 Å². The zero-order valence-electron chi connectivity index (χ0n) is 23.3. The highest BCUT2D eigenvalue weighted by Gasteiger charge is 2.46. The molecule has 1 aliphatic rings. The molecule has 228 valence electrons. The normalized spacial score (nSPS) is 17.6. The van der Waals surface area contributed by atoms with Crippen LogP contribution in [0.3, 0.4) is 0 Å². The average Bonchev–Trinajstić information content (AvgIpc) is 2.91. The molecular formula is C29H35F3N4O6. The van der Waals surface area contributed by atoms with Gasteiger partial charge in [0.1, 0.15) is 12.1 Å². The highest BCUT2D eigenvalue weighted by Crippen LogP contribution is 2.25. The fraction of sp³-hybridized carbons (Fsp3) is 0.483. The van der Waals surface area contributed by atoms with Crippen molar-refractivity contribution in [2.45, 2.75) is 70.3 Å². The van der Waals surface area contributed by atoms with E-state index in [1.54, 1.807) is 32.0 Å². The first kappa shape index (κ1) is 32.4. The van der Waals surface area contributed by atoms with Crippen molar-refractivity contribution >= 4 is 40.4 Å². The summed E-state index contributed by atoms with van der Waals surface area (Å²) in [5.74, 6) is -5.74. The van der Waals surface area contributed by atoms with Crippen molar-refractivity contribution in [2.75, 3.05) is 6.54 Å². The van der Waals surface area contributed by atoms with Crippen molar-refractivity contribution in [2.24, 2.45) is 11.8 Å². The third kappa shape index (κ3) is 8.92. The third-order valence-electron chi connectivity index (χ3n) is 7.09. The fourth-order valence-electron chi connectivity index (χ4n) is 5.07. The molecule has 13 heteroatoms. The second-order valence-electron chi connectivity index (χ2n) is 10.8. The maximum absolute atomic E-state index is 13.4. The third-order valence-corrected chi connectivity index (χ3v) is 7.09. The number of carbonyl (C=O) groups is 5. The van der Waals surface area contributed by atoms with Gasteiger partial charge in [-0.3, -0.25) is 19.2 Å². The molecule has 0 bridgehead atoms. The van der Waals surface area contributed by atoms with Crippen LogP contribution in [0.15, 0.2) is 42.5 Å². The van der Waals surface area contributed by atoms with Crippen molar-refractivity contribution in [3.8, 4) is 0 Å². The van der Waals surface area contributed by atoms with Crippen LogP contribution in [0, 0.1) is 11.8 Å². The van der Waals surface area contributed by atoms with Crippen LogP contribution in [0.25, 0.3) is 10.8 Å². The van der Waals surface area contributed by atoms with Gasteiger partial charge in [-0.1, -0.05) is 56.3 Å². The molecule has 2 aromatic carbocycles. The largest absolute Gasteiger partial charge is 0.465 e. The number of fused-ring (bicyclic) bond motifs is 1. The number of benzene rings is 2. The van der Waals surface area contributed by atoms with E-state index in [0.29, 0.717) is 18.5 Å². The van der Waals surface area contributed by atoms with Gasteiger partial charge in [-0.15, -0.1) is 0 Å². The van der Waals surface area contributed by atoms with E-state index in [9.17, 15) is 42.3 Å². The van der Waals surface area contributed by atoms with Crippen molar-refractivity contribution in [1.29, 1.82) is 0 Å². The Kier molecular flexibility index (Phi) is 10.9. The van der Waals surface area contributed by atoms with Gasteiger partial charge in [0.2, 0.25) is 17.7 Å². The summed E-state index contributed by atoms with van der Waals surface area (Å²) in [6.07, 6.45) is -6.62. The van der Waals surface area contributed by atoms with Gasteiger partial charge in [0, 0.05) is 18.9 Å². The Bertz CT molecular complexity index is 1310. The lowest BCUT2D eigenvalue weighted by atomic mass is 9.89. The van der Waals surface area contributed by atoms with Crippen LogP contribution in [0.4, 0.5) is 18.0 Å². The van der Waals surface area contributed by atoms with Crippen LogP contribution in [0.2, 0.25) is 0 Å². The number of hydrogen-bond acceptors (Lipinski definition) is 5. The van der Waals surface area contributed by atoms with Crippen LogP contribution >= 0.6 is 0 Å². The summed E-state index contributed by atoms with van der Waals surface area (Å²) in [5, 5.41) is 20.3. The summed E-state index contributed by atoms with van der Waals surface area (Å²) >= 11 is 0. The Hall–Kier alpha value is -4.16. The number of amides is 4. The summed E-state index contributed by atoms with van der Waals surface area (Å²) in [5.41, 5.74) is 0.661. The van der Waals surface area contributed by atoms with Gasteiger partial charge >= 0.3 is 12.3 Å². The minimum absolute atomic E-state index is 0.0114. The average molecular weight is 593 g/mol. The first-order chi connectivity index (χ1) is 19.8. The smallest absolute Gasteiger partial charge is 0.452 e. The Morgan fingerprint density at radius 2 is 1.60 bits per heavy atom. The van der Waals surface area contributed by atoms with Crippen LogP contribution in [0.1, 0.15) is 45.1 Å². The summed E-state index contributed by atoms with van der Waals surface area (Å²) in [4.78, 5) is 62.6. The molecule has 10 nitrogen and oxygen atoms in total. The fourth-order valence-corrected chi connectivity index (χ4v) is 5.07. The molecular weight excluding hydrogens is 557 g/mol. The number of nitrogens with one attached hydrogen (secondary N) is 4. The molecule has 0 radical (unpaired) electrons. The number of hydrogen-bond donors (Lipinski definition) is 5. The Morgan fingerprint density at radius 3 is 2.24 bits per heavy atom. The quantitative estimate of drug-likeness (QED) is 0.255. The van der Waals surface area contributed by atoms with Gasteiger partial charge in [-0.25, -0.2) is 4.79 Å². The molecule has 1 saturated heterocycles. The molecule has 0 saturated carbocycles. The van der Waals surface area contributed by atoms with Crippen LogP contribution in [0.5, 0.6) is 0 Å². The van der Waals surface area contributed by atoms with E-state index in [-0.39, 0.29) is 25.2 Å². The number of carboxylic acid groups (broad SMARTS) is 1. The highest BCUT2D eigenvalue weighted by molar-refractivity contribution is 5.96.